The number of carbonyl (C=O) groups is 2. The van der Waals surface area contributed by atoms with E-state index in [1.54, 1.807) is 38.4 Å². The molecule has 8 heteroatoms. The number of carbonyl (C=O) groups excluding carboxylic acids is 2. The van der Waals surface area contributed by atoms with Crippen LogP contribution in [0, 0.1) is 5.92 Å². The van der Waals surface area contributed by atoms with Crippen LogP contribution >= 0.6 is 0 Å². The molecule has 0 radical (unpaired) electrons. The Balaban J connectivity index is 1.96. The molecule has 2 aromatic rings. The summed E-state index contributed by atoms with van der Waals surface area (Å²) in [5, 5.41) is 2.96. The number of hydrogen-bond donors (Lipinski definition) is 1. The van der Waals surface area contributed by atoms with E-state index in [1.807, 2.05) is 19.1 Å². The van der Waals surface area contributed by atoms with Crippen molar-refractivity contribution in [2.75, 3.05) is 41.0 Å². The normalized spacial score (nSPS) is 18.2. The molecule has 1 aromatic heterocycles. The van der Waals surface area contributed by atoms with Crippen molar-refractivity contribution in [3.8, 4) is 17.2 Å². The molecule has 30 heavy (non-hydrogen) atoms. The summed E-state index contributed by atoms with van der Waals surface area (Å²) >= 11 is 0. The first-order chi connectivity index (χ1) is 14.5. The van der Waals surface area contributed by atoms with Gasteiger partial charge < -0.3 is 28.8 Å². The maximum absolute atomic E-state index is 12.9. The van der Waals surface area contributed by atoms with Gasteiger partial charge in [-0.3, -0.25) is 9.59 Å². The van der Waals surface area contributed by atoms with E-state index in [-0.39, 0.29) is 23.5 Å². The number of hydrogen-bond acceptors (Lipinski definition) is 6. The zero-order valence-electron chi connectivity index (χ0n) is 17.8. The molecule has 2 atom stereocenters. The summed E-state index contributed by atoms with van der Waals surface area (Å²) in [6.45, 7) is 3.26. The first-order valence-electron chi connectivity index (χ1n) is 9.94. The average molecular weight is 416 g/mol. The van der Waals surface area contributed by atoms with Crippen LogP contribution in [-0.4, -0.2) is 57.7 Å². The Labute approximate surface area is 176 Å². The molecule has 1 aromatic carbocycles. The number of ether oxygens (including phenoxy) is 3. The molecule has 2 amide bonds. The molecule has 3 rings (SSSR count). The molecule has 0 unspecified atom stereocenters. The van der Waals surface area contributed by atoms with E-state index in [0.29, 0.717) is 36.9 Å². The zero-order valence-corrected chi connectivity index (χ0v) is 17.8. The van der Waals surface area contributed by atoms with Gasteiger partial charge in [0.05, 0.1) is 33.5 Å². The minimum atomic E-state index is -0.404. The third-order valence-electron chi connectivity index (χ3n) is 5.34. The van der Waals surface area contributed by atoms with E-state index in [4.69, 9.17) is 18.6 Å². The van der Waals surface area contributed by atoms with Gasteiger partial charge >= 0.3 is 0 Å². The quantitative estimate of drug-likeness (QED) is 0.712. The van der Waals surface area contributed by atoms with E-state index < -0.39 is 5.92 Å². The topological polar surface area (TPSA) is 90.2 Å². The second-order valence-corrected chi connectivity index (χ2v) is 7.15. The number of benzene rings is 1. The van der Waals surface area contributed by atoms with Crippen molar-refractivity contribution >= 4 is 11.8 Å². The minimum Gasteiger partial charge on any atom is -0.493 e. The largest absolute Gasteiger partial charge is 0.493 e. The van der Waals surface area contributed by atoms with E-state index in [2.05, 4.69) is 5.32 Å². The Morgan fingerprint density at radius 1 is 1.13 bits per heavy atom. The number of furan rings is 1. The van der Waals surface area contributed by atoms with Crippen LogP contribution in [0.4, 0.5) is 0 Å². The number of nitrogens with one attached hydrogen (secondary N) is 1. The molecule has 8 nitrogen and oxygen atoms in total. The Bertz CT molecular complexity index is 855. The van der Waals surface area contributed by atoms with Crippen LogP contribution in [0.15, 0.2) is 34.9 Å². The number of rotatable bonds is 8. The van der Waals surface area contributed by atoms with E-state index >= 15 is 0 Å². The van der Waals surface area contributed by atoms with Crippen LogP contribution in [-0.2, 0) is 4.79 Å². The molecular weight excluding hydrogens is 388 g/mol. The fourth-order valence-corrected chi connectivity index (χ4v) is 3.82. The molecule has 0 bridgehead atoms. The molecule has 1 aliphatic rings. The van der Waals surface area contributed by atoms with Crippen molar-refractivity contribution in [2.45, 2.75) is 19.3 Å². The van der Waals surface area contributed by atoms with Crippen LogP contribution in [0.1, 0.15) is 35.4 Å². The third-order valence-corrected chi connectivity index (χ3v) is 5.34. The molecule has 1 fully saturated rings. The number of nitrogens with zero attached hydrogens (tertiary/aromatic N) is 1. The Kier molecular flexibility index (Phi) is 6.87. The Hall–Kier alpha value is -3.16. The van der Waals surface area contributed by atoms with Gasteiger partial charge in [-0.05, 0) is 36.2 Å². The van der Waals surface area contributed by atoms with Gasteiger partial charge in [0.2, 0.25) is 11.7 Å². The Morgan fingerprint density at radius 3 is 2.37 bits per heavy atom. The first kappa shape index (κ1) is 21.5. The molecule has 0 saturated carbocycles. The van der Waals surface area contributed by atoms with Gasteiger partial charge in [-0.1, -0.05) is 6.92 Å². The van der Waals surface area contributed by atoms with Crippen LogP contribution in [0.5, 0.6) is 17.2 Å². The lowest BCUT2D eigenvalue weighted by Crippen LogP contribution is -2.35. The molecule has 1 N–H and O–H groups in total. The second kappa shape index (κ2) is 9.56. The smallest absolute Gasteiger partial charge is 0.289 e. The monoisotopic (exact) mass is 416 g/mol. The van der Waals surface area contributed by atoms with Gasteiger partial charge in [0.1, 0.15) is 0 Å². The average Bonchev–Trinajstić information content (AvgIpc) is 3.46. The molecule has 0 aliphatic carbocycles. The summed E-state index contributed by atoms with van der Waals surface area (Å²) in [5.74, 6) is 0.817. The van der Waals surface area contributed by atoms with E-state index in [0.717, 1.165) is 12.0 Å². The highest BCUT2D eigenvalue weighted by atomic mass is 16.5. The summed E-state index contributed by atoms with van der Waals surface area (Å²) in [7, 11) is 4.64. The molecule has 0 spiro atoms. The lowest BCUT2D eigenvalue weighted by molar-refractivity contribution is -0.124. The SMILES string of the molecule is CCCNC(=O)[C@H]1CN(C(=O)c2ccco2)C[C@H]1c1cc(OC)c(OC)c(OC)c1. The minimum absolute atomic E-state index is 0.0784. The first-order valence-corrected chi connectivity index (χ1v) is 9.94. The maximum atomic E-state index is 12.9. The van der Waals surface area contributed by atoms with Crippen molar-refractivity contribution in [1.82, 2.24) is 10.2 Å². The van der Waals surface area contributed by atoms with Crippen LogP contribution < -0.4 is 19.5 Å². The van der Waals surface area contributed by atoms with Gasteiger partial charge in [-0.2, -0.15) is 0 Å². The zero-order chi connectivity index (χ0) is 21.7. The lowest BCUT2D eigenvalue weighted by Gasteiger charge is -2.21. The molecule has 1 aliphatic heterocycles. The fraction of sp³-hybridized carbons (Fsp3) is 0.455. The lowest BCUT2D eigenvalue weighted by atomic mass is 9.88. The molecular formula is C22H28N2O6. The summed E-state index contributed by atoms with van der Waals surface area (Å²) in [6, 6.07) is 6.98. The van der Waals surface area contributed by atoms with Crippen molar-refractivity contribution in [3.63, 3.8) is 0 Å². The van der Waals surface area contributed by atoms with Gasteiger partial charge in [0, 0.05) is 25.6 Å². The predicted octanol–water partition coefficient (Wildman–Crippen LogP) is 2.69. The van der Waals surface area contributed by atoms with Crippen LogP contribution in [0.2, 0.25) is 0 Å². The van der Waals surface area contributed by atoms with Gasteiger partial charge in [-0.15, -0.1) is 0 Å². The van der Waals surface area contributed by atoms with Crippen molar-refractivity contribution in [1.29, 1.82) is 0 Å². The molecule has 162 valence electrons. The highest BCUT2D eigenvalue weighted by molar-refractivity contribution is 5.92. The Morgan fingerprint density at radius 2 is 1.83 bits per heavy atom. The van der Waals surface area contributed by atoms with E-state index in [1.165, 1.54) is 6.26 Å². The van der Waals surface area contributed by atoms with Gasteiger partial charge in [0.25, 0.3) is 5.91 Å². The van der Waals surface area contributed by atoms with Crippen molar-refractivity contribution < 1.29 is 28.2 Å². The number of likely N-dealkylation sites (tertiary alicyclic amines) is 1. The summed E-state index contributed by atoms with van der Waals surface area (Å²) in [5.41, 5.74) is 0.843. The standard InChI is InChI=1S/C22H28N2O6/c1-5-8-23-21(25)16-13-24(22(26)17-7-6-9-30-17)12-15(16)14-10-18(27-2)20(29-4)19(11-14)28-3/h6-7,9-11,15-16H,5,8,12-13H2,1-4H3,(H,23,25)/t15-,16-/m0/s1. The highest BCUT2D eigenvalue weighted by Crippen LogP contribution is 2.43. The number of methoxy groups -OCH3 is 3. The predicted molar refractivity (Wildman–Crippen MR) is 110 cm³/mol. The summed E-state index contributed by atoms with van der Waals surface area (Å²) < 4.78 is 21.6. The third kappa shape index (κ3) is 4.22. The van der Waals surface area contributed by atoms with Crippen molar-refractivity contribution in [2.24, 2.45) is 5.92 Å². The number of amides is 2. The maximum Gasteiger partial charge on any atom is 0.289 e. The van der Waals surface area contributed by atoms with Gasteiger partial charge in [0.15, 0.2) is 17.3 Å². The summed E-state index contributed by atoms with van der Waals surface area (Å²) in [6.07, 6.45) is 2.30. The fourth-order valence-electron chi connectivity index (χ4n) is 3.82. The highest BCUT2D eigenvalue weighted by Gasteiger charge is 2.41. The molecule has 1 saturated heterocycles. The second-order valence-electron chi connectivity index (χ2n) is 7.15. The van der Waals surface area contributed by atoms with E-state index in [9.17, 15) is 9.59 Å². The molecule has 2 heterocycles. The van der Waals surface area contributed by atoms with Crippen LogP contribution in [0.3, 0.4) is 0 Å². The van der Waals surface area contributed by atoms with Crippen molar-refractivity contribution in [3.05, 3.63) is 41.9 Å². The summed E-state index contributed by atoms with van der Waals surface area (Å²) in [4.78, 5) is 27.4. The van der Waals surface area contributed by atoms with Crippen LogP contribution in [0.25, 0.3) is 0 Å². The van der Waals surface area contributed by atoms with Gasteiger partial charge in [-0.25, -0.2) is 0 Å².